The van der Waals surface area contributed by atoms with Crippen LogP contribution < -0.4 is 4.74 Å². The molecule has 140 valence electrons. The molecule has 0 atom stereocenters. The van der Waals surface area contributed by atoms with Crippen molar-refractivity contribution in [1.29, 1.82) is 0 Å². The second-order valence-corrected chi connectivity index (χ2v) is 8.27. The fourth-order valence-corrected chi connectivity index (χ4v) is 4.22. The van der Waals surface area contributed by atoms with E-state index in [2.05, 4.69) is 0 Å². The van der Waals surface area contributed by atoms with Gasteiger partial charge >= 0.3 is 0 Å². The van der Waals surface area contributed by atoms with E-state index in [4.69, 9.17) is 16.3 Å². The lowest BCUT2D eigenvalue weighted by Crippen LogP contribution is -2.27. The van der Waals surface area contributed by atoms with Crippen LogP contribution in [0.4, 0.5) is 4.79 Å². The van der Waals surface area contributed by atoms with Crippen molar-refractivity contribution in [3.63, 3.8) is 0 Å². The van der Waals surface area contributed by atoms with E-state index >= 15 is 0 Å². The Kier molecular flexibility index (Phi) is 6.33. The third-order valence-corrected chi connectivity index (χ3v) is 5.72. The van der Waals surface area contributed by atoms with Crippen LogP contribution in [0.1, 0.15) is 18.1 Å². The fourth-order valence-electron chi connectivity index (χ4n) is 2.55. The molecule has 0 unspecified atom stereocenters. The maximum atomic E-state index is 12.7. The molecule has 1 saturated heterocycles. The molecule has 1 heterocycles. The van der Waals surface area contributed by atoms with Crippen LogP contribution in [-0.2, 0) is 11.3 Å². The summed E-state index contributed by atoms with van der Waals surface area (Å²) in [5, 5.41) is 10.3. The molecule has 0 spiro atoms. The standard InChI is InChI=1S/C19H15ClINO4S/c1-2-26-15-8-12(7-14(21)17(15)23)9-16-18(24)22(19(25)27-16)10-11-4-3-5-13(20)6-11/h3-9,23H,2,10H2,1H3/b16-9-. The van der Waals surface area contributed by atoms with Crippen molar-refractivity contribution in [2.24, 2.45) is 0 Å². The van der Waals surface area contributed by atoms with E-state index in [1.807, 2.05) is 35.6 Å². The average molecular weight is 516 g/mol. The number of amides is 2. The van der Waals surface area contributed by atoms with Crippen LogP contribution in [0, 0.1) is 3.57 Å². The molecule has 0 aromatic heterocycles. The second-order valence-electron chi connectivity index (χ2n) is 5.68. The van der Waals surface area contributed by atoms with Gasteiger partial charge in [0, 0.05) is 5.02 Å². The number of carbonyl (C=O) groups excluding carboxylic acids is 2. The smallest absolute Gasteiger partial charge is 0.293 e. The number of phenolic OH excluding ortho intramolecular Hbond substituents is 1. The summed E-state index contributed by atoms with van der Waals surface area (Å²) in [6.07, 6.45) is 1.63. The molecule has 1 aliphatic heterocycles. The molecule has 5 nitrogen and oxygen atoms in total. The highest BCUT2D eigenvalue weighted by molar-refractivity contribution is 14.1. The number of benzene rings is 2. The number of carbonyl (C=O) groups is 2. The van der Waals surface area contributed by atoms with Gasteiger partial charge in [0.05, 0.1) is 21.6 Å². The third-order valence-electron chi connectivity index (χ3n) is 3.75. The van der Waals surface area contributed by atoms with E-state index in [-0.39, 0.29) is 23.4 Å². The molecule has 2 amide bonds. The van der Waals surface area contributed by atoms with Crippen molar-refractivity contribution in [3.8, 4) is 11.5 Å². The summed E-state index contributed by atoms with van der Waals surface area (Å²) in [7, 11) is 0. The Bertz CT molecular complexity index is 947. The largest absolute Gasteiger partial charge is 0.504 e. The van der Waals surface area contributed by atoms with Crippen molar-refractivity contribution in [3.05, 3.63) is 61.0 Å². The topological polar surface area (TPSA) is 66.8 Å². The lowest BCUT2D eigenvalue weighted by atomic mass is 10.1. The molecule has 1 aliphatic rings. The van der Waals surface area contributed by atoms with Gasteiger partial charge in [0.15, 0.2) is 11.5 Å². The molecule has 1 fully saturated rings. The van der Waals surface area contributed by atoms with Crippen LogP contribution in [0.15, 0.2) is 41.3 Å². The molecule has 27 heavy (non-hydrogen) atoms. The van der Waals surface area contributed by atoms with Gasteiger partial charge < -0.3 is 9.84 Å². The Balaban J connectivity index is 1.86. The summed E-state index contributed by atoms with van der Waals surface area (Å²) in [5.41, 5.74) is 1.46. The molecule has 3 rings (SSSR count). The number of imide groups is 1. The van der Waals surface area contributed by atoms with E-state index in [9.17, 15) is 14.7 Å². The zero-order valence-electron chi connectivity index (χ0n) is 14.2. The van der Waals surface area contributed by atoms with Gasteiger partial charge in [-0.05, 0) is 82.7 Å². The molecular formula is C19H15ClINO4S. The van der Waals surface area contributed by atoms with Gasteiger partial charge in [-0.2, -0.15) is 0 Å². The Labute approximate surface area is 179 Å². The summed E-state index contributed by atoms with van der Waals surface area (Å²) < 4.78 is 6.02. The molecule has 0 radical (unpaired) electrons. The molecule has 0 saturated carbocycles. The van der Waals surface area contributed by atoms with Crippen molar-refractivity contribution in [1.82, 2.24) is 4.90 Å². The zero-order chi connectivity index (χ0) is 19.6. The Morgan fingerprint density at radius 1 is 1.30 bits per heavy atom. The van der Waals surface area contributed by atoms with Crippen LogP contribution in [-0.4, -0.2) is 27.8 Å². The van der Waals surface area contributed by atoms with Crippen molar-refractivity contribution in [2.45, 2.75) is 13.5 Å². The monoisotopic (exact) mass is 515 g/mol. The van der Waals surface area contributed by atoms with Gasteiger partial charge in [0.1, 0.15) is 0 Å². The number of thioether (sulfide) groups is 1. The SMILES string of the molecule is CCOc1cc(/C=C2\SC(=O)N(Cc3cccc(Cl)c3)C2=O)cc(I)c1O. The van der Waals surface area contributed by atoms with E-state index in [1.54, 1.807) is 36.4 Å². The summed E-state index contributed by atoms with van der Waals surface area (Å²) in [6.45, 7) is 2.39. The highest BCUT2D eigenvalue weighted by atomic mass is 127. The molecule has 2 aromatic rings. The minimum Gasteiger partial charge on any atom is -0.504 e. The first-order valence-electron chi connectivity index (χ1n) is 8.04. The predicted molar refractivity (Wildman–Crippen MR) is 115 cm³/mol. The Morgan fingerprint density at radius 2 is 2.07 bits per heavy atom. The molecule has 1 N–H and O–H groups in total. The fraction of sp³-hybridized carbons (Fsp3) is 0.158. The highest BCUT2D eigenvalue weighted by Crippen LogP contribution is 2.37. The van der Waals surface area contributed by atoms with Crippen molar-refractivity contribution in [2.75, 3.05) is 6.61 Å². The summed E-state index contributed by atoms with van der Waals surface area (Å²) >= 11 is 8.85. The zero-order valence-corrected chi connectivity index (χ0v) is 18.0. The number of phenols is 1. The quantitative estimate of drug-likeness (QED) is 0.433. The van der Waals surface area contributed by atoms with Crippen LogP contribution in [0.5, 0.6) is 11.5 Å². The minimum atomic E-state index is -0.356. The number of hydrogen-bond donors (Lipinski definition) is 1. The van der Waals surface area contributed by atoms with Crippen molar-refractivity contribution >= 4 is 63.2 Å². The molecule has 0 bridgehead atoms. The van der Waals surface area contributed by atoms with Crippen LogP contribution in [0.2, 0.25) is 5.02 Å². The van der Waals surface area contributed by atoms with Gasteiger partial charge in [-0.3, -0.25) is 14.5 Å². The molecule has 0 aliphatic carbocycles. The first-order chi connectivity index (χ1) is 12.9. The number of aromatic hydroxyl groups is 1. The summed E-state index contributed by atoms with van der Waals surface area (Å²) in [4.78, 5) is 26.5. The Hall–Kier alpha value is -1.71. The van der Waals surface area contributed by atoms with E-state index in [0.717, 1.165) is 17.3 Å². The van der Waals surface area contributed by atoms with Gasteiger partial charge in [0.25, 0.3) is 11.1 Å². The van der Waals surface area contributed by atoms with E-state index in [1.165, 1.54) is 4.90 Å². The number of hydrogen-bond acceptors (Lipinski definition) is 5. The molecule has 8 heteroatoms. The number of halogens is 2. The van der Waals surface area contributed by atoms with Crippen LogP contribution >= 0.6 is 46.0 Å². The van der Waals surface area contributed by atoms with Crippen LogP contribution in [0.25, 0.3) is 6.08 Å². The maximum absolute atomic E-state index is 12.7. The number of nitrogens with zero attached hydrogens (tertiary/aromatic N) is 1. The predicted octanol–water partition coefficient (Wildman–Crippen LogP) is 5.29. The summed E-state index contributed by atoms with van der Waals surface area (Å²) in [5.74, 6) is 0.0449. The lowest BCUT2D eigenvalue weighted by molar-refractivity contribution is -0.123. The van der Waals surface area contributed by atoms with Gasteiger partial charge in [-0.25, -0.2) is 0 Å². The van der Waals surface area contributed by atoms with Gasteiger partial charge in [-0.1, -0.05) is 23.7 Å². The highest BCUT2D eigenvalue weighted by Gasteiger charge is 2.35. The number of ether oxygens (including phenoxy) is 1. The average Bonchev–Trinajstić information content (AvgIpc) is 2.87. The summed E-state index contributed by atoms with van der Waals surface area (Å²) in [6, 6.07) is 10.4. The van der Waals surface area contributed by atoms with Gasteiger partial charge in [-0.15, -0.1) is 0 Å². The third kappa shape index (κ3) is 4.59. The minimum absolute atomic E-state index is 0.0589. The lowest BCUT2D eigenvalue weighted by Gasteiger charge is -2.12. The maximum Gasteiger partial charge on any atom is 0.293 e. The molecular weight excluding hydrogens is 501 g/mol. The molecule has 2 aromatic carbocycles. The van der Waals surface area contributed by atoms with Gasteiger partial charge in [0.2, 0.25) is 0 Å². The number of rotatable bonds is 5. The first-order valence-corrected chi connectivity index (χ1v) is 10.3. The first kappa shape index (κ1) is 20.0. The van der Waals surface area contributed by atoms with E-state index in [0.29, 0.717) is 31.4 Å². The normalized spacial score (nSPS) is 15.7. The Morgan fingerprint density at radius 3 is 2.78 bits per heavy atom. The second kappa shape index (κ2) is 8.53. The van der Waals surface area contributed by atoms with Crippen LogP contribution in [0.3, 0.4) is 0 Å². The van der Waals surface area contributed by atoms with Crippen molar-refractivity contribution < 1.29 is 19.4 Å². The van der Waals surface area contributed by atoms with E-state index < -0.39 is 0 Å².